The van der Waals surface area contributed by atoms with E-state index in [9.17, 15) is 9.59 Å². The molecule has 2 aromatic rings. The van der Waals surface area contributed by atoms with Gasteiger partial charge in [0.05, 0.1) is 15.7 Å². The zero-order chi connectivity index (χ0) is 17.6. The fourth-order valence-corrected chi connectivity index (χ4v) is 5.07. The monoisotopic (exact) mass is 410 g/mol. The number of thiophene rings is 1. The van der Waals surface area contributed by atoms with Crippen molar-refractivity contribution in [3.8, 4) is 0 Å². The lowest BCUT2D eigenvalue weighted by Gasteiger charge is -2.18. The Balaban J connectivity index is 1.98. The van der Waals surface area contributed by atoms with E-state index in [1.165, 1.54) is 16.0 Å². The second-order valence-corrected chi connectivity index (χ2v) is 8.14. The standard InChI is InChI=1S/C16H19BrN4O2S/c1-7-4-5-9-10(6-7)24-16(11(9)14(18)22)19-15(23)13-12(17)8(2)20-21(13)3/h7H,4-6H2,1-3H3,(H2,18,22)(H,19,23)/t7-/m1/s1. The SMILES string of the molecule is Cc1nn(C)c(C(=O)Nc2sc3c(c2C(N)=O)CC[C@@H](C)C3)c1Br. The van der Waals surface area contributed by atoms with Crippen molar-refractivity contribution in [2.45, 2.75) is 33.1 Å². The molecule has 0 spiro atoms. The Hall–Kier alpha value is -1.67. The van der Waals surface area contributed by atoms with Crippen molar-refractivity contribution in [3.05, 3.63) is 31.9 Å². The molecule has 1 aliphatic rings. The van der Waals surface area contributed by atoms with Gasteiger partial charge in [-0.05, 0) is 53.6 Å². The number of nitrogens with two attached hydrogens (primary N) is 1. The molecule has 24 heavy (non-hydrogen) atoms. The molecule has 0 radical (unpaired) electrons. The summed E-state index contributed by atoms with van der Waals surface area (Å²) in [6, 6.07) is 0. The fraction of sp³-hybridized carbons (Fsp3) is 0.438. The minimum Gasteiger partial charge on any atom is -0.365 e. The molecule has 0 unspecified atom stereocenters. The lowest BCUT2D eigenvalue weighted by molar-refractivity contribution is 0.1000. The van der Waals surface area contributed by atoms with E-state index in [1.807, 2.05) is 6.92 Å². The number of aryl methyl sites for hydroxylation is 2. The van der Waals surface area contributed by atoms with Gasteiger partial charge in [-0.25, -0.2) is 0 Å². The number of hydrogen-bond donors (Lipinski definition) is 2. The normalized spacial score (nSPS) is 16.8. The molecule has 1 aliphatic carbocycles. The van der Waals surface area contributed by atoms with Gasteiger partial charge in [0.1, 0.15) is 10.7 Å². The van der Waals surface area contributed by atoms with E-state index in [0.29, 0.717) is 26.6 Å². The highest BCUT2D eigenvalue weighted by atomic mass is 79.9. The lowest BCUT2D eigenvalue weighted by atomic mass is 9.88. The first kappa shape index (κ1) is 17.2. The van der Waals surface area contributed by atoms with Gasteiger partial charge in [-0.3, -0.25) is 14.3 Å². The number of fused-ring (bicyclic) bond motifs is 1. The quantitative estimate of drug-likeness (QED) is 0.814. The van der Waals surface area contributed by atoms with Crippen LogP contribution in [-0.2, 0) is 19.9 Å². The molecule has 3 N–H and O–H groups in total. The molecular formula is C16H19BrN4O2S. The fourth-order valence-electron chi connectivity index (χ4n) is 3.14. The molecule has 0 saturated carbocycles. The predicted molar refractivity (Wildman–Crippen MR) is 97.6 cm³/mol. The number of hydrogen-bond acceptors (Lipinski definition) is 4. The molecule has 2 aromatic heterocycles. The lowest BCUT2D eigenvalue weighted by Crippen LogP contribution is -2.20. The molecular weight excluding hydrogens is 392 g/mol. The predicted octanol–water partition coefficient (Wildman–Crippen LogP) is 3.03. The minimum atomic E-state index is -0.488. The van der Waals surface area contributed by atoms with Crippen LogP contribution in [0.3, 0.4) is 0 Å². The zero-order valence-corrected chi connectivity index (χ0v) is 16.2. The maximum atomic E-state index is 12.7. The number of carbonyl (C=O) groups excluding carboxylic acids is 2. The van der Waals surface area contributed by atoms with Crippen molar-refractivity contribution in [1.29, 1.82) is 0 Å². The summed E-state index contributed by atoms with van der Waals surface area (Å²) in [4.78, 5) is 25.8. The first-order chi connectivity index (χ1) is 11.3. The number of anilines is 1. The number of aromatic nitrogens is 2. The van der Waals surface area contributed by atoms with Crippen molar-refractivity contribution in [1.82, 2.24) is 9.78 Å². The van der Waals surface area contributed by atoms with Crippen molar-refractivity contribution < 1.29 is 9.59 Å². The summed E-state index contributed by atoms with van der Waals surface area (Å²) < 4.78 is 2.17. The molecule has 8 heteroatoms. The van der Waals surface area contributed by atoms with Crippen LogP contribution in [-0.4, -0.2) is 21.6 Å². The van der Waals surface area contributed by atoms with Crippen LogP contribution in [0.1, 0.15) is 50.3 Å². The summed E-state index contributed by atoms with van der Waals surface area (Å²) in [6.07, 6.45) is 2.78. The Labute approximate surface area is 152 Å². The van der Waals surface area contributed by atoms with E-state index >= 15 is 0 Å². The second-order valence-electron chi connectivity index (χ2n) is 6.25. The van der Waals surface area contributed by atoms with Gasteiger partial charge in [-0.1, -0.05) is 6.92 Å². The topological polar surface area (TPSA) is 90.0 Å². The van der Waals surface area contributed by atoms with E-state index in [2.05, 4.69) is 33.3 Å². The van der Waals surface area contributed by atoms with Crippen molar-refractivity contribution >= 4 is 44.1 Å². The maximum Gasteiger partial charge on any atom is 0.275 e. The third-order valence-electron chi connectivity index (χ3n) is 4.35. The van der Waals surface area contributed by atoms with Gasteiger partial charge >= 0.3 is 0 Å². The Kier molecular flexibility index (Phi) is 4.52. The molecule has 6 nitrogen and oxygen atoms in total. The highest BCUT2D eigenvalue weighted by Gasteiger charge is 2.28. The van der Waals surface area contributed by atoms with Gasteiger partial charge in [-0.2, -0.15) is 5.10 Å². The zero-order valence-electron chi connectivity index (χ0n) is 13.8. The van der Waals surface area contributed by atoms with Gasteiger partial charge < -0.3 is 11.1 Å². The number of carbonyl (C=O) groups is 2. The average Bonchev–Trinajstić information content (AvgIpc) is 2.95. The Morgan fingerprint density at radius 1 is 1.46 bits per heavy atom. The Morgan fingerprint density at radius 2 is 2.17 bits per heavy atom. The highest BCUT2D eigenvalue weighted by Crippen LogP contribution is 2.39. The Morgan fingerprint density at radius 3 is 2.75 bits per heavy atom. The number of nitrogens with zero attached hydrogens (tertiary/aromatic N) is 2. The molecule has 2 heterocycles. The number of amides is 2. The van der Waals surface area contributed by atoms with Gasteiger partial charge in [0.25, 0.3) is 11.8 Å². The van der Waals surface area contributed by atoms with Crippen molar-refractivity contribution in [3.63, 3.8) is 0 Å². The van der Waals surface area contributed by atoms with E-state index in [0.717, 1.165) is 35.4 Å². The molecule has 0 saturated heterocycles. The van der Waals surface area contributed by atoms with E-state index < -0.39 is 5.91 Å². The van der Waals surface area contributed by atoms with E-state index in [-0.39, 0.29) is 5.91 Å². The van der Waals surface area contributed by atoms with Crippen molar-refractivity contribution in [2.24, 2.45) is 18.7 Å². The smallest absolute Gasteiger partial charge is 0.275 e. The van der Waals surface area contributed by atoms with Gasteiger partial charge in [0, 0.05) is 11.9 Å². The van der Waals surface area contributed by atoms with Gasteiger partial charge in [-0.15, -0.1) is 11.3 Å². The second kappa shape index (κ2) is 6.33. The minimum absolute atomic E-state index is 0.306. The van der Waals surface area contributed by atoms with Crippen LogP contribution in [0.2, 0.25) is 0 Å². The van der Waals surface area contributed by atoms with Crippen LogP contribution in [0.25, 0.3) is 0 Å². The summed E-state index contributed by atoms with van der Waals surface area (Å²) >= 11 is 4.85. The molecule has 0 aromatic carbocycles. The summed E-state index contributed by atoms with van der Waals surface area (Å²) in [5.41, 5.74) is 8.20. The van der Waals surface area contributed by atoms with E-state index in [4.69, 9.17) is 5.73 Å². The first-order valence-electron chi connectivity index (χ1n) is 7.74. The third-order valence-corrected chi connectivity index (χ3v) is 6.47. The molecule has 2 amide bonds. The van der Waals surface area contributed by atoms with Gasteiger partial charge in [0.2, 0.25) is 0 Å². The Bertz CT molecular complexity index is 840. The van der Waals surface area contributed by atoms with Crippen LogP contribution in [0.15, 0.2) is 4.47 Å². The van der Waals surface area contributed by atoms with Crippen LogP contribution < -0.4 is 11.1 Å². The highest BCUT2D eigenvalue weighted by molar-refractivity contribution is 9.10. The summed E-state index contributed by atoms with van der Waals surface area (Å²) in [7, 11) is 1.71. The number of rotatable bonds is 3. The molecule has 128 valence electrons. The van der Waals surface area contributed by atoms with E-state index in [1.54, 1.807) is 7.05 Å². The van der Waals surface area contributed by atoms with Crippen LogP contribution in [0.5, 0.6) is 0 Å². The molecule has 3 rings (SSSR count). The summed E-state index contributed by atoms with van der Waals surface area (Å²) in [5, 5.41) is 7.63. The molecule has 0 aliphatic heterocycles. The molecule has 1 atom stereocenters. The number of halogens is 1. The van der Waals surface area contributed by atoms with Crippen LogP contribution in [0.4, 0.5) is 5.00 Å². The van der Waals surface area contributed by atoms with Crippen LogP contribution in [0, 0.1) is 12.8 Å². The van der Waals surface area contributed by atoms with Gasteiger partial charge in [0.15, 0.2) is 0 Å². The summed E-state index contributed by atoms with van der Waals surface area (Å²) in [6.45, 7) is 4.02. The summed E-state index contributed by atoms with van der Waals surface area (Å²) in [5.74, 6) is -0.217. The largest absolute Gasteiger partial charge is 0.365 e. The van der Waals surface area contributed by atoms with Crippen molar-refractivity contribution in [2.75, 3.05) is 5.32 Å². The number of nitrogens with one attached hydrogen (secondary N) is 1. The maximum absolute atomic E-state index is 12.7. The number of primary amides is 1. The van der Waals surface area contributed by atoms with Crippen LogP contribution >= 0.6 is 27.3 Å². The first-order valence-corrected chi connectivity index (χ1v) is 9.35. The third kappa shape index (κ3) is 2.88. The average molecular weight is 411 g/mol. The molecule has 0 bridgehead atoms. The molecule has 0 fully saturated rings.